The van der Waals surface area contributed by atoms with Crippen LogP contribution in [0.5, 0.6) is 0 Å². The van der Waals surface area contributed by atoms with Gasteiger partial charge in [0.15, 0.2) is 5.82 Å². The molecule has 0 bridgehead atoms. The molecule has 0 unspecified atom stereocenters. The summed E-state index contributed by atoms with van der Waals surface area (Å²) in [6.07, 6.45) is 4.07. The van der Waals surface area contributed by atoms with Crippen LogP contribution >= 0.6 is 11.3 Å². The van der Waals surface area contributed by atoms with E-state index in [2.05, 4.69) is 34.2 Å². The van der Waals surface area contributed by atoms with Gasteiger partial charge in [-0.25, -0.2) is 4.98 Å². The molecule has 0 saturated heterocycles. The van der Waals surface area contributed by atoms with E-state index in [-0.39, 0.29) is 0 Å². The summed E-state index contributed by atoms with van der Waals surface area (Å²) in [4.78, 5) is 9.16. The Morgan fingerprint density at radius 1 is 1.17 bits per heavy atom. The van der Waals surface area contributed by atoms with Gasteiger partial charge in [-0.3, -0.25) is 0 Å². The fourth-order valence-corrected chi connectivity index (χ4v) is 3.95. The first kappa shape index (κ1) is 14.5. The lowest BCUT2D eigenvalue weighted by molar-refractivity contribution is 0.372. The van der Waals surface area contributed by atoms with Crippen molar-refractivity contribution in [2.24, 2.45) is 5.73 Å². The lowest BCUT2D eigenvalue weighted by atomic mass is 9.99. The van der Waals surface area contributed by atoms with Gasteiger partial charge in [0, 0.05) is 10.9 Å². The van der Waals surface area contributed by atoms with Crippen molar-refractivity contribution in [3.63, 3.8) is 0 Å². The zero-order valence-corrected chi connectivity index (χ0v) is 13.8. The molecule has 2 aromatic heterocycles. The SMILES string of the molecule is Cc1ccccc1-c1nc(-c2nc(C3(N)CCCC3)no2)cs1. The minimum Gasteiger partial charge on any atom is -0.332 e. The molecule has 2 N–H and O–H groups in total. The third-order valence-electron chi connectivity index (χ3n) is 4.47. The van der Waals surface area contributed by atoms with Gasteiger partial charge in [0.05, 0.1) is 5.54 Å². The fourth-order valence-electron chi connectivity index (χ4n) is 3.07. The zero-order chi connectivity index (χ0) is 15.9. The summed E-state index contributed by atoms with van der Waals surface area (Å²) in [6.45, 7) is 2.08. The summed E-state index contributed by atoms with van der Waals surface area (Å²) in [5.41, 5.74) is 9.00. The number of aryl methyl sites for hydroxylation is 1. The van der Waals surface area contributed by atoms with E-state index in [1.165, 1.54) is 5.56 Å². The van der Waals surface area contributed by atoms with Crippen molar-refractivity contribution in [3.05, 3.63) is 41.0 Å². The molecule has 2 heterocycles. The second-order valence-corrected chi connectivity index (χ2v) is 7.00. The van der Waals surface area contributed by atoms with Crippen molar-refractivity contribution >= 4 is 11.3 Å². The van der Waals surface area contributed by atoms with Crippen molar-refractivity contribution in [1.82, 2.24) is 15.1 Å². The molecule has 4 rings (SSSR count). The van der Waals surface area contributed by atoms with Crippen LogP contribution in [0.4, 0.5) is 0 Å². The number of rotatable bonds is 3. The monoisotopic (exact) mass is 326 g/mol. The highest BCUT2D eigenvalue weighted by atomic mass is 32.1. The van der Waals surface area contributed by atoms with E-state index in [9.17, 15) is 0 Å². The third kappa shape index (κ3) is 2.58. The van der Waals surface area contributed by atoms with Gasteiger partial charge >= 0.3 is 0 Å². The van der Waals surface area contributed by atoms with E-state index >= 15 is 0 Å². The van der Waals surface area contributed by atoms with Crippen LogP contribution in [0.15, 0.2) is 34.2 Å². The Hall–Kier alpha value is -2.05. The van der Waals surface area contributed by atoms with E-state index in [4.69, 9.17) is 10.3 Å². The van der Waals surface area contributed by atoms with Gasteiger partial charge in [0.1, 0.15) is 10.7 Å². The quantitative estimate of drug-likeness (QED) is 0.790. The predicted octanol–water partition coefficient (Wildman–Crippen LogP) is 3.90. The Kier molecular flexibility index (Phi) is 3.50. The van der Waals surface area contributed by atoms with Crippen LogP contribution in [0.1, 0.15) is 37.1 Å². The number of hydrogen-bond acceptors (Lipinski definition) is 6. The molecule has 5 nitrogen and oxygen atoms in total. The molecule has 1 aliphatic rings. The molecular weight excluding hydrogens is 308 g/mol. The number of aromatic nitrogens is 3. The maximum Gasteiger partial charge on any atom is 0.277 e. The molecule has 1 aliphatic carbocycles. The maximum absolute atomic E-state index is 6.39. The normalized spacial score (nSPS) is 16.8. The molecule has 1 aromatic carbocycles. The summed E-state index contributed by atoms with van der Waals surface area (Å²) in [6, 6.07) is 8.20. The predicted molar refractivity (Wildman–Crippen MR) is 89.9 cm³/mol. The van der Waals surface area contributed by atoms with Crippen LogP contribution in [-0.4, -0.2) is 15.1 Å². The van der Waals surface area contributed by atoms with Gasteiger partial charge in [-0.05, 0) is 25.3 Å². The van der Waals surface area contributed by atoms with E-state index < -0.39 is 5.54 Å². The molecule has 0 amide bonds. The number of hydrogen-bond donors (Lipinski definition) is 1. The maximum atomic E-state index is 6.39. The molecule has 0 aliphatic heterocycles. The van der Waals surface area contributed by atoms with Crippen LogP contribution in [0.2, 0.25) is 0 Å². The lowest BCUT2D eigenvalue weighted by Crippen LogP contribution is -2.34. The molecule has 118 valence electrons. The van der Waals surface area contributed by atoms with Gasteiger partial charge in [0.2, 0.25) is 0 Å². The molecular formula is C17H18N4OS. The Morgan fingerprint density at radius 3 is 2.74 bits per heavy atom. The van der Waals surface area contributed by atoms with Crippen LogP contribution in [0.25, 0.3) is 22.2 Å². The van der Waals surface area contributed by atoms with Crippen molar-refractivity contribution in [2.75, 3.05) is 0 Å². The minimum atomic E-state index is -0.434. The van der Waals surface area contributed by atoms with Crippen molar-refractivity contribution in [1.29, 1.82) is 0 Å². The van der Waals surface area contributed by atoms with Crippen molar-refractivity contribution in [2.45, 2.75) is 38.1 Å². The highest BCUT2D eigenvalue weighted by molar-refractivity contribution is 7.13. The first-order valence-corrected chi connectivity index (χ1v) is 8.69. The smallest absolute Gasteiger partial charge is 0.277 e. The van der Waals surface area contributed by atoms with Crippen LogP contribution in [0.3, 0.4) is 0 Å². The zero-order valence-electron chi connectivity index (χ0n) is 13.0. The van der Waals surface area contributed by atoms with Crippen LogP contribution < -0.4 is 5.73 Å². The molecule has 1 fully saturated rings. The number of nitrogens with zero attached hydrogens (tertiary/aromatic N) is 3. The Bertz CT molecular complexity index is 832. The molecule has 0 radical (unpaired) electrons. The second kappa shape index (κ2) is 5.54. The second-order valence-electron chi connectivity index (χ2n) is 6.14. The van der Waals surface area contributed by atoms with Gasteiger partial charge in [0.25, 0.3) is 5.89 Å². The summed E-state index contributed by atoms with van der Waals surface area (Å²) in [5, 5.41) is 7.01. The average molecular weight is 326 g/mol. The van der Waals surface area contributed by atoms with Crippen LogP contribution in [-0.2, 0) is 5.54 Å². The Balaban J connectivity index is 1.65. The van der Waals surface area contributed by atoms with Crippen molar-refractivity contribution in [3.8, 4) is 22.2 Å². The van der Waals surface area contributed by atoms with Crippen LogP contribution in [0, 0.1) is 6.92 Å². The van der Waals surface area contributed by atoms with Gasteiger partial charge in [-0.1, -0.05) is 42.3 Å². The highest BCUT2D eigenvalue weighted by Gasteiger charge is 2.36. The Labute approximate surface area is 138 Å². The van der Waals surface area contributed by atoms with Gasteiger partial charge in [-0.2, -0.15) is 4.98 Å². The number of thiazole rings is 1. The summed E-state index contributed by atoms with van der Waals surface area (Å²) < 4.78 is 5.41. The number of nitrogens with two attached hydrogens (primary N) is 1. The molecule has 23 heavy (non-hydrogen) atoms. The average Bonchev–Trinajstić information content (AvgIpc) is 3.27. The van der Waals surface area contributed by atoms with Gasteiger partial charge in [-0.15, -0.1) is 11.3 Å². The summed E-state index contributed by atoms with van der Waals surface area (Å²) in [7, 11) is 0. The Morgan fingerprint density at radius 2 is 1.96 bits per heavy atom. The summed E-state index contributed by atoms with van der Waals surface area (Å²) in [5.74, 6) is 1.06. The summed E-state index contributed by atoms with van der Waals surface area (Å²) >= 11 is 1.58. The minimum absolute atomic E-state index is 0.434. The standard InChI is InChI=1S/C17H18N4OS/c1-11-6-2-3-7-12(11)15-19-13(10-23-15)14-20-16(21-22-14)17(18)8-4-5-9-17/h2-3,6-7,10H,4-5,8-9,18H2,1H3. The molecule has 0 spiro atoms. The fraction of sp³-hybridized carbons (Fsp3) is 0.353. The molecule has 6 heteroatoms. The highest BCUT2D eigenvalue weighted by Crippen LogP contribution is 2.36. The topological polar surface area (TPSA) is 77.8 Å². The number of benzene rings is 1. The molecule has 1 saturated carbocycles. The molecule has 3 aromatic rings. The van der Waals surface area contributed by atoms with E-state index in [0.29, 0.717) is 17.4 Å². The van der Waals surface area contributed by atoms with E-state index in [1.807, 2.05) is 17.5 Å². The van der Waals surface area contributed by atoms with Gasteiger partial charge < -0.3 is 10.3 Å². The van der Waals surface area contributed by atoms with Crippen molar-refractivity contribution < 1.29 is 4.52 Å². The largest absolute Gasteiger partial charge is 0.332 e. The van der Waals surface area contributed by atoms with E-state index in [0.717, 1.165) is 36.3 Å². The third-order valence-corrected chi connectivity index (χ3v) is 5.34. The lowest BCUT2D eigenvalue weighted by Gasteiger charge is -2.17. The first-order chi connectivity index (χ1) is 11.2. The first-order valence-electron chi connectivity index (χ1n) is 7.81. The van der Waals surface area contributed by atoms with E-state index in [1.54, 1.807) is 11.3 Å². The molecule has 0 atom stereocenters.